The first-order valence-corrected chi connectivity index (χ1v) is 10.8. The maximum atomic E-state index is 5.70. The maximum Gasteiger partial charge on any atom is 0.219 e. The van der Waals surface area contributed by atoms with Crippen LogP contribution in [-0.2, 0) is 7.05 Å². The van der Waals surface area contributed by atoms with Gasteiger partial charge in [0.25, 0.3) is 0 Å². The number of rotatable bonds is 7. The molecule has 0 aliphatic carbocycles. The molecular weight excluding hydrogens is 378 g/mol. The van der Waals surface area contributed by atoms with Gasteiger partial charge < -0.3 is 4.74 Å². The third-order valence-corrected chi connectivity index (χ3v) is 5.23. The maximum absolute atomic E-state index is 5.70. The summed E-state index contributed by atoms with van der Waals surface area (Å²) in [7, 11) is 2.12. The highest BCUT2D eigenvalue weighted by Gasteiger charge is 2.17. The summed E-state index contributed by atoms with van der Waals surface area (Å²) >= 11 is 0. The predicted octanol–water partition coefficient (Wildman–Crippen LogP) is 6.80. The van der Waals surface area contributed by atoms with E-state index in [0.29, 0.717) is 0 Å². The van der Waals surface area contributed by atoms with Crippen molar-refractivity contribution in [3.8, 4) is 28.1 Å². The van der Waals surface area contributed by atoms with Crippen molar-refractivity contribution >= 4 is 12.2 Å². The van der Waals surface area contributed by atoms with E-state index in [2.05, 4.69) is 116 Å². The van der Waals surface area contributed by atoms with Crippen LogP contribution >= 0.6 is 0 Å². The number of pyridine rings is 1. The van der Waals surface area contributed by atoms with E-state index in [9.17, 15) is 0 Å². The van der Waals surface area contributed by atoms with Gasteiger partial charge in [0, 0.05) is 16.7 Å². The lowest BCUT2D eigenvalue weighted by molar-refractivity contribution is -0.660. The monoisotopic (exact) mass is 406 g/mol. The zero-order chi connectivity index (χ0) is 21.5. The first-order chi connectivity index (χ1) is 15.2. The molecule has 2 nitrogen and oxygen atoms in total. The minimum atomic E-state index is 0.748. The minimum absolute atomic E-state index is 0.748. The zero-order valence-electron chi connectivity index (χ0n) is 18.2. The Morgan fingerprint density at radius 1 is 0.742 bits per heavy atom. The highest BCUT2D eigenvalue weighted by Crippen LogP contribution is 2.27. The summed E-state index contributed by atoms with van der Waals surface area (Å²) < 4.78 is 7.92. The fourth-order valence-corrected chi connectivity index (χ4v) is 3.71. The summed E-state index contributed by atoms with van der Waals surface area (Å²) in [6.45, 7) is 2.86. The molecule has 154 valence electrons. The van der Waals surface area contributed by atoms with Crippen LogP contribution in [0.15, 0.2) is 97.2 Å². The van der Waals surface area contributed by atoms with Crippen molar-refractivity contribution in [2.75, 3.05) is 6.61 Å². The highest BCUT2D eigenvalue weighted by atomic mass is 16.5. The van der Waals surface area contributed by atoms with Gasteiger partial charge in [0.05, 0.1) is 6.61 Å². The average Bonchev–Trinajstić information content (AvgIpc) is 2.83. The summed E-state index contributed by atoms with van der Waals surface area (Å²) in [4.78, 5) is 0. The van der Waals surface area contributed by atoms with Crippen LogP contribution in [0.5, 0.6) is 5.75 Å². The minimum Gasteiger partial charge on any atom is -0.494 e. The van der Waals surface area contributed by atoms with Gasteiger partial charge in [0.15, 0.2) is 6.20 Å². The summed E-state index contributed by atoms with van der Waals surface area (Å²) in [6, 6.07) is 31.6. The third kappa shape index (κ3) is 5.10. The van der Waals surface area contributed by atoms with Gasteiger partial charge in [-0.05, 0) is 54.0 Å². The van der Waals surface area contributed by atoms with Crippen LogP contribution in [0.4, 0.5) is 0 Å². The lowest BCUT2D eigenvalue weighted by atomic mass is 9.99. The molecule has 0 N–H and O–H groups in total. The Morgan fingerprint density at radius 2 is 1.39 bits per heavy atom. The number of aromatic nitrogens is 1. The van der Waals surface area contributed by atoms with Crippen molar-refractivity contribution in [3.05, 3.63) is 108 Å². The molecule has 0 aliphatic rings. The Bertz CT molecular complexity index is 1150. The van der Waals surface area contributed by atoms with E-state index in [1.165, 1.54) is 27.9 Å². The molecule has 0 bridgehead atoms. The zero-order valence-corrected chi connectivity index (χ0v) is 18.2. The average molecular weight is 407 g/mol. The van der Waals surface area contributed by atoms with Gasteiger partial charge in [-0.3, -0.25) is 0 Å². The Hall–Kier alpha value is -3.65. The molecule has 3 aromatic carbocycles. The van der Waals surface area contributed by atoms with Crippen molar-refractivity contribution in [1.29, 1.82) is 0 Å². The second-order valence-corrected chi connectivity index (χ2v) is 7.63. The van der Waals surface area contributed by atoms with Crippen LogP contribution in [0.3, 0.4) is 0 Å². The van der Waals surface area contributed by atoms with Crippen LogP contribution in [0.1, 0.15) is 24.5 Å². The van der Waals surface area contributed by atoms with Crippen molar-refractivity contribution in [1.82, 2.24) is 0 Å². The summed E-state index contributed by atoms with van der Waals surface area (Å²) in [5, 5.41) is 0. The molecule has 0 unspecified atom stereocenters. The van der Waals surface area contributed by atoms with E-state index in [4.69, 9.17) is 4.74 Å². The molecule has 4 rings (SSSR count). The molecule has 4 aromatic rings. The Labute approximate surface area is 185 Å². The smallest absolute Gasteiger partial charge is 0.219 e. The van der Waals surface area contributed by atoms with Crippen LogP contribution in [0.2, 0.25) is 0 Å². The fraction of sp³-hybridized carbons (Fsp3) is 0.138. The second-order valence-electron chi connectivity index (χ2n) is 7.63. The number of nitrogens with zero attached hydrogens (tertiary/aromatic N) is 1. The predicted molar refractivity (Wildman–Crippen MR) is 130 cm³/mol. The molecule has 0 saturated heterocycles. The molecule has 0 saturated carbocycles. The quantitative estimate of drug-likeness (QED) is 0.307. The molecule has 1 aromatic heterocycles. The van der Waals surface area contributed by atoms with Crippen LogP contribution in [0.25, 0.3) is 34.5 Å². The van der Waals surface area contributed by atoms with E-state index in [0.717, 1.165) is 24.3 Å². The number of aryl methyl sites for hydroxylation is 1. The van der Waals surface area contributed by atoms with Gasteiger partial charge in [0.2, 0.25) is 5.69 Å². The summed E-state index contributed by atoms with van der Waals surface area (Å²) in [5.41, 5.74) is 7.14. The van der Waals surface area contributed by atoms with Crippen LogP contribution < -0.4 is 9.30 Å². The number of benzene rings is 3. The molecule has 0 radical (unpaired) electrons. The van der Waals surface area contributed by atoms with E-state index in [1.54, 1.807) is 0 Å². The Kier molecular flexibility index (Phi) is 6.59. The Balaban J connectivity index is 1.73. The molecular formula is C29H28NO+. The molecule has 0 aliphatic heterocycles. The highest BCUT2D eigenvalue weighted by molar-refractivity contribution is 5.80. The third-order valence-electron chi connectivity index (χ3n) is 5.23. The van der Waals surface area contributed by atoms with E-state index < -0.39 is 0 Å². The largest absolute Gasteiger partial charge is 0.494 e. The van der Waals surface area contributed by atoms with Gasteiger partial charge in [-0.2, -0.15) is 4.57 Å². The SMILES string of the molecule is CCCOc1ccc(/C=C/c2cc(-c3ccccc3)c[n+](C)c2-c2ccccc2)cc1. The van der Waals surface area contributed by atoms with E-state index in [-0.39, 0.29) is 0 Å². The first kappa shape index (κ1) is 20.6. The van der Waals surface area contributed by atoms with E-state index in [1.807, 2.05) is 12.1 Å². The normalized spacial score (nSPS) is 11.0. The van der Waals surface area contributed by atoms with Crippen molar-refractivity contribution in [2.45, 2.75) is 13.3 Å². The van der Waals surface area contributed by atoms with Crippen molar-refractivity contribution in [3.63, 3.8) is 0 Å². The fourth-order valence-electron chi connectivity index (χ4n) is 3.71. The lowest BCUT2D eigenvalue weighted by Gasteiger charge is -2.08. The van der Waals surface area contributed by atoms with Crippen molar-refractivity contribution < 1.29 is 9.30 Å². The molecule has 1 heterocycles. The van der Waals surface area contributed by atoms with Gasteiger partial charge in [-0.25, -0.2) is 0 Å². The lowest BCUT2D eigenvalue weighted by Crippen LogP contribution is -2.31. The number of hydrogen-bond acceptors (Lipinski definition) is 1. The van der Waals surface area contributed by atoms with Gasteiger partial charge in [0.1, 0.15) is 12.8 Å². The summed E-state index contributed by atoms with van der Waals surface area (Å²) in [6.07, 6.45) is 7.59. The molecule has 0 amide bonds. The first-order valence-electron chi connectivity index (χ1n) is 10.8. The van der Waals surface area contributed by atoms with Crippen LogP contribution in [-0.4, -0.2) is 6.61 Å². The van der Waals surface area contributed by atoms with Gasteiger partial charge >= 0.3 is 0 Å². The molecule has 2 heteroatoms. The topological polar surface area (TPSA) is 13.1 Å². The van der Waals surface area contributed by atoms with Crippen molar-refractivity contribution in [2.24, 2.45) is 7.05 Å². The van der Waals surface area contributed by atoms with Gasteiger partial charge in [-0.15, -0.1) is 0 Å². The standard InChI is InChI=1S/C29H28NO/c1-3-20-31-28-18-15-23(16-19-28)14-17-26-21-27(24-10-6-4-7-11-24)22-30(2)29(26)25-12-8-5-9-13-25/h4-19,21-22H,3,20H2,1-2H3/q+1/b17-14+. The number of hydrogen-bond donors (Lipinski definition) is 0. The Morgan fingerprint density at radius 3 is 2.03 bits per heavy atom. The molecule has 0 atom stereocenters. The second kappa shape index (κ2) is 9.90. The number of ether oxygens (including phenoxy) is 1. The van der Waals surface area contributed by atoms with E-state index >= 15 is 0 Å². The molecule has 31 heavy (non-hydrogen) atoms. The molecule has 0 fully saturated rings. The molecule has 0 spiro atoms. The van der Waals surface area contributed by atoms with Gasteiger partial charge in [-0.1, -0.05) is 73.7 Å². The van der Waals surface area contributed by atoms with Crippen LogP contribution in [0, 0.1) is 0 Å². The summed E-state index contributed by atoms with van der Waals surface area (Å²) in [5.74, 6) is 0.918.